The van der Waals surface area contributed by atoms with Crippen LogP contribution in [-0.4, -0.2) is 22.0 Å². The Bertz CT molecular complexity index is 681. The minimum atomic E-state index is -0.848. The van der Waals surface area contributed by atoms with E-state index in [-0.39, 0.29) is 5.56 Å². The number of benzene rings is 1. The van der Waals surface area contributed by atoms with Gasteiger partial charge in [-0.25, -0.2) is 13.8 Å². The Kier molecular flexibility index (Phi) is 3.24. The van der Waals surface area contributed by atoms with Crippen LogP contribution in [0.4, 0.5) is 4.39 Å². The summed E-state index contributed by atoms with van der Waals surface area (Å²) >= 11 is 0. The molecule has 20 heavy (non-hydrogen) atoms. The van der Waals surface area contributed by atoms with Crippen molar-refractivity contribution in [2.75, 3.05) is 0 Å². The topological polar surface area (TPSA) is 77.6 Å². The zero-order chi connectivity index (χ0) is 13.9. The Morgan fingerprint density at radius 3 is 3.00 bits per heavy atom. The van der Waals surface area contributed by atoms with Gasteiger partial charge in [0.15, 0.2) is 5.69 Å². The second kappa shape index (κ2) is 5.20. The molecular formula is C13H10FN3O3. The van der Waals surface area contributed by atoms with Crippen LogP contribution in [0.1, 0.15) is 34.6 Å². The second-order valence-corrected chi connectivity index (χ2v) is 4.31. The average Bonchev–Trinajstić information content (AvgIpc) is 2.94. The van der Waals surface area contributed by atoms with E-state index in [4.69, 9.17) is 4.84 Å². The lowest BCUT2D eigenvalue weighted by Gasteiger charge is -2.08. The minimum absolute atomic E-state index is 0.161. The molecule has 3 rings (SSSR count). The van der Waals surface area contributed by atoms with E-state index in [0.717, 1.165) is 12.8 Å². The first kappa shape index (κ1) is 12.5. The fourth-order valence-corrected chi connectivity index (χ4v) is 1.99. The van der Waals surface area contributed by atoms with Crippen LogP contribution in [0.2, 0.25) is 0 Å². The van der Waals surface area contributed by atoms with Gasteiger partial charge in [0.1, 0.15) is 17.2 Å². The maximum atomic E-state index is 13.4. The summed E-state index contributed by atoms with van der Waals surface area (Å²) in [6.07, 6.45) is 2.17. The first-order valence-electron chi connectivity index (χ1n) is 6.10. The number of hydrogen-bond acceptors (Lipinski definition) is 6. The molecule has 1 aliphatic carbocycles. The monoisotopic (exact) mass is 275 g/mol. The number of hydrogen-bond donors (Lipinski definition) is 0. The molecule has 102 valence electrons. The van der Waals surface area contributed by atoms with Gasteiger partial charge in [0, 0.05) is 0 Å². The van der Waals surface area contributed by atoms with Crippen LogP contribution in [0, 0.1) is 5.82 Å². The maximum absolute atomic E-state index is 13.4. The Hall–Kier alpha value is -2.57. The van der Waals surface area contributed by atoms with Crippen LogP contribution < -0.4 is 0 Å². The number of rotatable bonds is 2. The number of oxime groups is 1. The maximum Gasteiger partial charge on any atom is 0.368 e. The van der Waals surface area contributed by atoms with Gasteiger partial charge < -0.3 is 4.84 Å². The summed E-state index contributed by atoms with van der Waals surface area (Å²) in [5.41, 5.74) is 1.51. The second-order valence-electron chi connectivity index (χ2n) is 4.31. The number of aryl methyl sites for hydroxylation is 1. The summed E-state index contributed by atoms with van der Waals surface area (Å²) in [6.45, 7) is 0. The van der Waals surface area contributed by atoms with Gasteiger partial charge in [-0.2, -0.15) is 0 Å². The number of carbonyl (C=O) groups excluding carboxylic acids is 1. The van der Waals surface area contributed by atoms with E-state index in [1.165, 1.54) is 18.2 Å². The number of nitrogens with zero attached hydrogens (tertiary/aromatic N) is 3. The lowest BCUT2D eigenvalue weighted by Crippen LogP contribution is -2.14. The third kappa shape index (κ3) is 2.29. The standard InChI is InChI=1S/C13H10FN3O3/c14-9-5-2-1-4-8(9)13(18)19-15-10-6-3-7-11-12(10)17-20-16-11/h1-2,4-5H,3,6-7H2/b15-10+. The van der Waals surface area contributed by atoms with Crippen molar-refractivity contribution in [3.8, 4) is 0 Å². The molecule has 1 heterocycles. The van der Waals surface area contributed by atoms with Gasteiger partial charge in [-0.1, -0.05) is 22.4 Å². The van der Waals surface area contributed by atoms with Crippen molar-refractivity contribution in [3.05, 3.63) is 47.0 Å². The predicted molar refractivity (Wildman–Crippen MR) is 65.6 cm³/mol. The highest BCUT2D eigenvalue weighted by molar-refractivity contribution is 6.00. The van der Waals surface area contributed by atoms with Crippen molar-refractivity contribution in [2.24, 2.45) is 5.16 Å². The summed E-state index contributed by atoms with van der Waals surface area (Å²) in [4.78, 5) is 16.5. The highest BCUT2D eigenvalue weighted by Gasteiger charge is 2.22. The first-order chi connectivity index (χ1) is 9.75. The van der Waals surface area contributed by atoms with Crippen molar-refractivity contribution in [2.45, 2.75) is 19.3 Å². The summed E-state index contributed by atoms with van der Waals surface area (Å²) in [5.74, 6) is -1.50. The van der Waals surface area contributed by atoms with Crippen molar-refractivity contribution in [1.82, 2.24) is 10.3 Å². The molecule has 0 unspecified atom stereocenters. The van der Waals surface area contributed by atoms with Gasteiger partial charge in [-0.05, 0) is 36.6 Å². The van der Waals surface area contributed by atoms with Gasteiger partial charge >= 0.3 is 5.97 Å². The molecular weight excluding hydrogens is 265 g/mol. The zero-order valence-corrected chi connectivity index (χ0v) is 10.4. The molecule has 0 N–H and O–H groups in total. The third-order valence-corrected chi connectivity index (χ3v) is 2.99. The predicted octanol–water partition coefficient (Wildman–Crippen LogP) is 2.11. The summed E-state index contributed by atoms with van der Waals surface area (Å²) in [7, 11) is 0. The van der Waals surface area contributed by atoms with E-state index in [0.29, 0.717) is 23.5 Å². The molecule has 0 bridgehead atoms. The first-order valence-corrected chi connectivity index (χ1v) is 6.10. The zero-order valence-electron chi connectivity index (χ0n) is 10.4. The minimum Gasteiger partial charge on any atom is -0.312 e. The fourth-order valence-electron chi connectivity index (χ4n) is 1.99. The molecule has 0 radical (unpaired) electrons. The molecule has 0 spiro atoms. The van der Waals surface area contributed by atoms with E-state index >= 15 is 0 Å². The molecule has 6 nitrogen and oxygen atoms in total. The molecule has 0 saturated carbocycles. The molecule has 0 aliphatic heterocycles. The van der Waals surface area contributed by atoms with Gasteiger partial charge in [0.25, 0.3) is 0 Å². The van der Waals surface area contributed by atoms with Crippen molar-refractivity contribution in [3.63, 3.8) is 0 Å². The van der Waals surface area contributed by atoms with Gasteiger partial charge in [-0.3, -0.25) is 0 Å². The molecule has 1 aromatic heterocycles. The Labute approximate surface area is 113 Å². The highest BCUT2D eigenvalue weighted by atomic mass is 19.1. The van der Waals surface area contributed by atoms with Crippen LogP contribution in [-0.2, 0) is 11.3 Å². The van der Waals surface area contributed by atoms with Gasteiger partial charge in [0.2, 0.25) is 0 Å². The molecule has 0 amide bonds. The summed E-state index contributed by atoms with van der Waals surface area (Å²) in [6, 6.07) is 5.56. The van der Waals surface area contributed by atoms with Crippen molar-refractivity contribution < 1.29 is 18.7 Å². The lowest BCUT2D eigenvalue weighted by atomic mass is 9.99. The van der Waals surface area contributed by atoms with E-state index in [1.54, 1.807) is 6.07 Å². The van der Waals surface area contributed by atoms with Crippen molar-refractivity contribution in [1.29, 1.82) is 0 Å². The Morgan fingerprint density at radius 2 is 2.15 bits per heavy atom. The van der Waals surface area contributed by atoms with E-state index in [1.807, 2.05) is 0 Å². The van der Waals surface area contributed by atoms with Crippen molar-refractivity contribution >= 4 is 11.7 Å². The van der Waals surface area contributed by atoms with Crippen LogP contribution >= 0.6 is 0 Å². The lowest BCUT2D eigenvalue weighted by molar-refractivity contribution is 0.0510. The number of halogens is 1. The van der Waals surface area contributed by atoms with Gasteiger partial charge in [0.05, 0.1) is 5.56 Å². The Morgan fingerprint density at radius 1 is 1.30 bits per heavy atom. The average molecular weight is 275 g/mol. The van der Waals surface area contributed by atoms with Gasteiger partial charge in [-0.15, -0.1) is 0 Å². The van der Waals surface area contributed by atoms with Crippen LogP contribution in [0.25, 0.3) is 0 Å². The van der Waals surface area contributed by atoms with E-state index in [2.05, 4.69) is 20.1 Å². The summed E-state index contributed by atoms with van der Waals surface area (Å²) < 4.78 is 18.0. The molecule has 1 aliphatic rings. The molecule has 0 fully saturated rings. The molecule has 1 aromatic carbocycles. The number of carbonyl (C=O) groups is 1. The van der Waals surface area contributed by atoms with Crippen LogP contribution in [0.15, 0.2) is 34.1 Å². The van der Waals surface area contributed by atoms with Crippen LogP contribution in [0.3, 0.4) is 0 Å². The smallest absolute Gasteiger partial charge is 0.312 e. The molecule has 0 atom stereocenters. The molecule has 7 heteroatoms. The fraction of sp³-hybridized carbons (Fsp3) is 0.231. The highest BCUT2D eigenvalue weighted by Crippen LogP contribution is 2.18. The van der Waals surface area contributed by atoms with E-state index < -0.39 is 11.8 Å². The number of aromatic nitrogens is 2. The summed E-state index contributed by atoms with van der Waals surface area (Å²) in [5, 5.41) is 11.2. The molecule has 2 aromatic rings. The Balaban J connectivity index is 1.79. The number of fused-ring (bicyclic) bond motifs is 1. The largest absolute Gasteiger partial charge is 0.368 e. The normalized spacial score (nSPS) is 15.9. The quantitative estimate of drug-likeness (QED) is 0.619. The third-order valence-electron chi connectivity index (χ3n) is 2.99. The van der Waals surface area contributed by atoms with Crippen LogP contribution in [0.5, 0.6) is 0 Å². The SMILES string of the molecule is O=C(O/N=C1\CCCc2nonc21)c1ccccc1F. The molecule has 0 saturated heterocycles. The van der Waals surface area contributed by atoms with E-state index in [9.17, 15) is 9.18 Å².